The van der Waals surface area contributed by atoms with E-state index in [1.807, 2.05) is 20.8 Å². The minimum atomic E-state index is -4.58. The smallest absolute Gasteiger partial charge is 0.381 e. The minimum Gasteiger partial charge on any atom is -0.381 e. The van der Waals surface area contributed by atoms with Crippen molar-refractivity contribution < 1.29 is 22.4 Å². The van der Waals surface area contributed by atoms with Crippen molar-refractivity contribution in [1.29, 1.82) is 0 Å². The minimum absolute atomic E-state index is 0.0155. The van der Waals surface area contributed by atoms with E-state index in [4.69, 9.17) is 0 Å². The van der Waals surface area contributed by atoms with Crippen molar-refractivity contribution in [3.63, 3.8) is 0 Å². The highest BCUT2D eigenvalue weighted by Gasteiger charge is 2.34. The number of hydrogen-bond acceptors (Lipinski definition) is 4. The number of halogens is 4. The molecule has 9 heteroatoms. The lowest BCUT2D eigenvalue weighted by Crippen LogP contribution is -2.35. The van der Waals surface area contributed by atoms with Crippen LogP contribution < -0.4 is 16.0 Å². The van der Waals surface area contributed by atoms with Gasteiger partial charge in [-0.2, -0.15) is 13.2 Å². The topological polar surface area (TPSA) is 56.4 Å². The van der Waals surface area contributed by atoms with E-state index in [1.165, 1.54) is 30.5 Å². The van der Waals surface area contributed by atoms with Gasteiger partial charge in [0.1, 0.15) is 5.82 Å². The number of fused-ring (bicyclic) bond motifs is 1. The Morgan fingerprint density at radius 1 is 1.16 bits per heavy atom. The Bertz CT molecular complexity index is 1020. The van der Waals surface area contributed by atoms with Crippen molar-refractivity contribution in [1.82, 2.24) is 4.90 Å². The van der Waals surface area contributed by atoms with Crippen LogP contribution in [0.4, 0.5) is 34.6 Å². The second-order valence-electron chi connectivity index (χ2n) is 7.61. The molecule has 0 radical (unpaired) electrons. The van der Waals surface area contributed by atoms with E-state index in [0.717, 1.165) is 19.2 Å². The third kappa shape index (κ3) is 5.21. The van der Waals surface area contributed by atoms with Crippen molar-refractivity contribution >= 4 is 28.5 Å². The third-order valence-electron chi connectivity index (χ3n) is 5.31. The molecule has 32 heavy (non-hydrogen) atoms. The highest BCUT2D eigenvalue weighted by molar-refractivity contribution is 6.31. The van der Waals surface area contributed by atoms with Gasteiger partial charge >= 0.3 is 6.18 Å². The van der Waals surface area contributed by atoms with E-state index in [0.29, 0.717) is 12.2 Å². The van der Waals surface area contributed by atoms with Gasteiger partial charge in [0.05, 0.1) is 16.8 Å². The lowest BCUT2D eigenvalue weighted by Gasteiger charge is -2.25. The number of rotatable bonds is 8. The Hall–Kier alpha value is -3.07. The number of nitrogens with zero attached hydrogens (tertiary/aromatic N) is 1. The molecule has 0 saturated carbocycles. The first-order valence-corrected chi connectivity index (χ1v) is 10.4. The average Bonchev–Trinajstić information content (AvgIpc) is 3.06. The summed E-state index contributed by atoms with van der Waals surface area (Å²) in [6.07, 6.45) is -3.36. The molecule has 1 heterocycles. The van der Waals surface area contributed by atoms with Gasteiger partial charge in [-0.05, 0) is 50.3 Å². The second kappa shape index (κ2) is 9.60. The van der Waals surface area contributed by atoms with Crippen molar-refractivity contribution in [3.8, 4) is 0 Å². The summed E-state index contributed by atoms with van der Waals surface area (Å²) in [6, 6.07) is 7.84. The number of carbonyl (C=O) groups is 1. The highest BCUT2D eigenvalue weighted by Crippen LogP contribution is 2.38. The van der Waals surface area contributed by atoms with Gasteiger partial charge in [-0.15, -0.1) is 0 Å². The van der Waals surface area contributed by atoms with E-state index in [9.17, 15) is 22.4 Å². The van der Waals surface area contributed by atoms with Crippen LogP contribution in [0.25, 0.3) is 5.57 Å². The van der Waals surface area contributed by atoms with E-state index in [2.05, 4.69) is 20.9 Å². The summed E-state index contributed by atoms with van der Waals surface area (Å²) in [5.74, 6) is -1.12. The van der Waals surface area contributed by atoms with Gasteiger partial charge in [-0.3, -0.25) is 4.79 Å². The van der Waals surface area contributed by atoms with E-state index >= 15 is 0 Å². The predicted molar refractivity (Wildman–Crippen MR) is 119 cm³/mol. The van der Waals surface area contributed by atoms with Crippen LogP contribution in [-0.4, -0.2) is 36.5 Å². The van der Waals surface area contributed by atoms with E-state index in [1.54, 1.807) is 6.07 Å². The number of hydrogen-bond donors (Lipinski definition) is 3. The first-order valence-electron chi connectivity index (χ1n) is 10.4. The molecular formula is C23H26F4N4O. The summed E-state index contributed by atoms with van der Waals surface area (Å²) in [5, 5.41) is 8.19. The quantitative estimate of drug-likeness (QED) is 0.373. The fourth-order valence-electron chi connectivity index (χ4n) is 3.67. The third-order valence-corrected chi connectivity index (χ3v) is 5.31. The highest BCUT2D eigenvalue weighted by atomic mass is 19.4. The lowest BCUT2D eigenvalue weighted by atomic mass is 10.1. The van der Waals surface area contributed by atoms with Crippen LogP contribution in [0.1, 0.15) is 31.9 Å². The molecule has 5 nitrogen and oxygen atoms in total. The Balaban J connectivity index is 1.84. The molecule has 0 bridgehead atoms. The number of carbonyl (C=O) groups excluding carboxylic acids is 1. The Labute approximate surface area is 184 Å². The van der Waals surface area contributed by atoms with Crippen LogP contribution in [-0.2, 0) is 11.0 Å². The van der Waals surface area contributed by atoms with Crippen LogP contribution in [0.5, 0.6) is 0 Å². The molecule has 1 atom stereocenters. The van der Waals surface area contributed by atoms with Crippen molar-refractivity contribution in [3.05, 3.63) is 59.5 Å². The molecule has 1 aliphatic rings. The summed E-state index contributed by atoms with van der Waals surface area (Å²) in [4.78, 5) is 14.3. The molecule has 0 aromatic heterocycles. The predicted octanol–water partition coefficient (Wildman–Crippen LogP) is 5.39. The number of benzene rings is 2. The van der Waals surface area contributed by atoms with Crippen LogP contribution in [0.2, 0.25) is 0 Å². The molecule has 1 aliphatic heterocycles. The zero-order valence-corrected chi connectivity index (χ0v) is 18.1. The lowest BCUT2D eigenvalue weighted by molar-refractivity contribution is -0.137. The Morgan fingerprint density at radius 3 is 2.53 bits per heavy atom. The standard InChI is InChI=1S/C23H26F4N4O/c1-4-31(5-2)13-14(3)29-19-10-9-15(11-17(19)23(25,26)27)28-12-16-21-18(24)7-6-8-20(21)30-22(16)32/h6-12,14,28-29H,4-5,13H2,1-3H3,(H,30,32)/b16-12+. The van der Waals surface area contributed by atoms with Crippen LogP contribution >= 0.6 is 0 Å². The molecule has 1 unspecified atom stereocenters. The molecule has 0 saturated heterocycles. The van der Waals surface area contributed by atoms with E-state index < -0.39 is 23.5 Å². The molecule has 172 valence electrons. The summed E-state index contributed by atoms with van der Waals surface area (Å²) in [6.45, 7) is 8.06. The Kier molecular flexibility index (Phi) is 7.08. The maximum absolute atomic E-state index is 14.2. The maximum Gasteiger partial charge on any atom is 0.418 e. The largest absolute Gasteiger partial charge is 0.418 e. The zero-order chi connectivity index (χ0) is 23.5. The molecule has 1 amide bonds. The summed E-state index contributed by atoms with van der Waals surface area (Å²) < 4.78 is 55.3. The summed E-state index contributed by atoms with van der Waals surface area (Å²) in [5.41, 5.74) is -0.295. The Morgan fingerprint density at radius 2 is 1.88 bits per heavy atom. The van der Waals surface area contributed by atoms with Crippen LogP contribution in [0, 0.1) is 5.82 Å². The van der Waals surface area contributed by atoms with Crippen LogP contribution in [0.15, 0.2) is 42.6 Å². The molecule has 0 spiro atoms. The number of likely N-dealkylation sites (N-methyl/N-ethyl adjacent to an activating group) is 1. The normalized spacial score (nSPS) is 15.6. The maximum atomic E-state index is 14.2. The van der Waals surface area contributed by atoms with Crippen molar-refractivity contribution in [2.75, 3.05) is 35.6 Å². The molecule has 2 aromatic carbocycles. The monoisotopic (exact) mass is 450 g/mol. The fourth-order valence-corrected chi connectivity index (χ4v) is 3.67. The number of amides is 1. The van der Waals surface area contributed by atoms with Gasteiger partial charge in [0.2, 0.25) is 0 Å². The first-order chi connectivity index (χ1) is 15.1. The number of anilines is 3. The summed E-state index contributed by atoms with van der Waals surface area (Å²) >= 11 is 0. The fraction of sp³-hybridized carbons (Fsp3) is 0.348. The summed E-state index contributed by atoms with van der Waals surface area (Å²) in [7, 11) is 0. The van der Waals surface area contributed by atoms with Gasteiger partial charge in [-0.1, -0.05) is 19.9 Å². The number of nitrogens with one attached hydrogen (secondary N) is 3. The van der Waals surface area contributed by atoms with Crippen molar-refractivity contribution in [2.24, 2.45) is 0 Å². The van der Waals surface area contributed by atoms with Gasteiger partial charge in [-0.25, -0.2) is 4.39 Å². The van der Waals surface area contributed by atoms with Gasteiger partial charge in [0.15, 0.2) is 0 Å². The zero-order valence-electron chi connectivity index (χ0n) is 18.1. The first kappa shape index (κ1) is 23.6. The van der Waals surface area contributed by atoms with Gasteiger partial charge in [0.25, 0.3) is 5.91 Å². The van der Waals surface area contributed by atoms with Gasteiger partial charge in [0, 0.05) is 35.7 Å². The van der Waals surface area contributed by atoms with Crippen LogP contribution in [0.3, 0.4) is 0 Å². The molecule has 2 aromatic rings. The SMILES string of the molecule is CCN(CC)CC(C)Nc1ccc(N/C=C2/C(=O)Nc3cccc(F)c32)cc1C(F)(F)F. The van der Waals surface area contributed by atoms with Crippen molar-refractivity contribution in [2.45, 2.75) is 33.0 Å². The molecule has 3 N–H and O–H groups in total. The van der Waals surface area contributed by atoms with E-state index in [-0.39, 0.29) is 28.6 Å². The molecule has 3 rings (SSSR count). The second-order valence-corrected chi connectivity index (χ2v) is 7.61. The molecule has 0 fully saturated rings. The number of alkyl halides is 3. The molecule has 0 aliphatic carbocycles. The van der Waals surface area contributed by atoms with Gasteiger partial charge < -0.3 is 20.9 Å². The molecular weight excluding hydrogens is 424 g/mol. The average molecular weight is 450 g/mol.